The number of rotatable bonds is 7. The lowest BCUT2D eigenvalue weighted by Crippen LogP contribution is -2.29. The molecule has 27 heavy (non-hydrogen) atoms. The molecule has 0 spiro atoms. The summed E-state index contributed by atoms with van der Waals surface area (Å²) in [5, 5.41) is 0. The van der Waals surface area contributed by atoms with E-state index >= 15 is 0 Å². The Kier molecular flexibility index (Phi) is 6.37. The number of nitrogens with zero attached hydrogens (tertiary/aromatic N) is 2. The van der Waals surface area contributed by atoms with Crippen molar-refractivity contribution in [1.82, 2.24) is 9.97 Å². The van der Waals surface area contributed by atoms with Crippen molar-refractivity contribution >= 4 is 11.6 Å². The van der Waals surface area contributed by atoms with Crippen LogP contribution < -0.4 is 16.2 Å². The van der Waals surface area contributed by atoms with Crippen LogP contribution in [0.15, 0.2) is 30.5 Å². The molecule has 2 heterocycles. The number of alkyl halides is 3. The fourth-order valence-electron chi connectivity index (χ4n) is 2.53. The Morgan fingerprint density at radius 2 is 1.96 bits per heavy atom. The topological polar surface area (TPSA) is 104 Å². The molecule has 0 saturated carbocycles. The standard InChI is InChI=1S/C18H21F3N4O2/c1-10(2)8-11(22)9-27-14-6-5-13(18(19,20)21)15(25-14)16(26)12-4-3-7-24-17(12)23/h3-7,10-11H,8-9,22H2,1-2H3,(H2,23,24)/t11-/m1/s1. The molecule has 0 radical (unpaired) electrons. The monoisotopic (exact) mass is 382 g/mol. The maximum absolute atomic E-state index is 13.3. The third-order valence-electron chi connectivity index (χ3n) is 3.69. The highest BCUT2D eigenvalue weighted by Gasteiger charge is 2.37. The van der Waals surface area contributed by atoms with Crippen LogP contribution in [0.1, 0.15) is 41.9 Å². The van der Waals surface area contributed by atoms with E-state index < -0.39 is 23.2 Å². The summed E-state index contributed by atoms with van der Waals surface area (Å²) in [5.74, 6) is -0.935. The van der Waals surface area contributed by atoms with Crippen molar-refractivity contribution in [3.8, 4) is 5.88 Å². The van der Waals surface area contributed by atoms with Gasteiger partial charge in [0.25, 0.3) is 0 Å². The van der Waals surface area contributed by atoms with Crippen LogP contribution in [0.4, 0.5) is 19.0 Å². The number of nitrogens with two attached hydrogens (primary N) is 2. The number of carbonyl (C=O) groups is 1. The van der Waals surface area contributed by atoms with Crippen LogP contribution in [0.3, 0.4) is 0 Å². The number of aromatic nitrogens is 2. The van der Waals surface area contributed by atoms with Gasteiger partial charge in [-0.1, -0.05) is 13.8 Å². The van der Waals surface area contributed by atoms with E-state index in [2.05, 4.69) is 9.97 Å². The lowest BCUT2D eigenvalue weighted by atomic mass is 10.0. The number of hydrogen-bond acceptors (Lipinski definition) is 6. The van der Waals surface area contributed by atoms with Gasteiger partial charge in [0.2, 0.25) is 11.7 Å². The van der Waals surface area contributed by atoms with Crippen molar-refractivity contribution in [2.75, 3.05) is 12.3 Å². The number of ketones is 1. The molecule has 2 rings (SSSR count). The molecule has 4 N–H and O–H groups in total. The molecule has 2 aromatic heterocycles. The van der Waals surface area contributed by atoms with Crippen molar-refractivity contribution in [3.63, 3.8) is 0 Å². The molecule has 0 aliphatic rings. The Labute approximate surface area is 154 Å². The normalized spacial score (nSPS) is 12.9. The molecule has 0 fully saturated rings. The fraction of sp³-hybridized carbons (Fsp3) is 0.389. The predicted octanol–water partition coefficient (Wildman–Crippen LogP) is 3.06. The van der Waals surface area contributed by atoms with Gasteiger partial charge in [-0.25, -0.2) is 9.97 Å². The summed E-state index contributed by atoms with van der Waals surface area (Å²) in [4.78, 5) is 20.1. The van der Waals surface area contributed by atoms with E-state index in [1.165, 1.54) is 18.3 Å². The first kappa shape index (κ1) is 20.6. The van der Waals surface area contributed by atoms with Crippen LogP contribution in [0.5, 0.6) is 5.88 Å². The lowest BCUT2D eigenvalue weighted by molar-refractivity contribution is -0.138. The van der Waals surface area contributed by atoms with E-state index in [0.717, 1.165) is 12.1 Å². The molecular formula is C18H21F3N4O2. The van der Waals surface area contributed by atoms with Gasteiger partial charge >= 0.3 is 6.18 Å². The van der Waals surface area contributed by atoms with Gasteiger partial charge in [0.1, 0.15) is 18.1 Å². The highest BCUT2D eigenvalue weighted by Crippen LogP contribution is 2.33. The Balaban J connectivity index is 2.35. The van der Waals surface area contributed by atoms with Crippen molar-refractivity contribution in [2.45, 2.75) is 32.5 Å². The van der Waals surface area contributed by atoms with E-state index in [0.29, 0.717) is 12.3 Å². The molecule has 0 amide bonds. The summed E-state index contributed by atoms with van der Waals surface area (Å²) in [6.45, 7) is 4.05. The van der Waals surface area contributed by atoms with E-state index in [4.69, 9.17) is 16.2 Å². The van der Waals surface area contributed by atoms with Crippen LogP contribution >= 0.6 is 0 Å². The number of ether oxygens (including phenoxy) is 1. The zero-order valence-electron chi connectivity index (χ0n) is 15.0. The van der Waals surface area contributed by atoms with Crippen molar-refractivity contribution in [1.29, 1.82) is 0 Å². The first-order valence-corrected chi connectivity index (χ1v) is 8.31. The third kappa shape index (κ3) is 5.40. The Hall–Kier alpha value is -2.68. The van der Waals surface area contributed by atoms with Gasteiger partial charge in [0.05, 0.1) is 11.1 Å². The molecule has 2 aromatic rings. The van der Waals surface area contributed by atoms with E-state index in [9.17, 15) is 18.0 Å². The first-order chi connectivity index (χ1) is 12.6. The average Bonchev–Trinajstić information content (AvgIpc) is 2.58. The zero-order valence-corrected chi connectivity index (χ0v) is 15.0. The van der Waals surface area contributed by atoms with Gasteiger partial charge in [-0.2, -0.15) is 13.2 Å². The molecule has 0 saturated heterocycles. The molecule has 146 valence electrons. The van der Waals surface area contributed by atoms with E-state index in [-0.39, 0.29) is 29.9 Å². The number of nitrogen functional groups attached to an aromatic ring is 1. The molecule has 0 bridgehead atoms. The summed E-state index contributed by atoms with van der Waals surface area (Å²) >= 11 is 0. The number of carbonyl (C=O) groups excluding carboxylic acids is 1. The van der Waals surface area contributed by atoms with Gasteiger partial charge in [-0.15, -0.1) is 0 Å². The van der Waals surface area contributed by atoms with Crippen LogP contribution in [0, 0.1) is 5.92 Å². The summed E-state index contributed by atoms with van der Waals surface area (Å²) in [7, 11) is 0. The second kappa shape index (κ2) is 8.34. The largest absolute Gasteiger partial charge is 0.476 e. The maximum Gasteiger partial charge on any atom is 0.418 e. The van der Waals surface area contributed by atoms with Crippen molar-refractivity contribution in [2.24, 2.45) is 11.7 Å². The molecule has 1 atom stereocenters. The van der Waals surface area contributed by atoms with Crippen LogP contribution in [0.25, 0.3) is 0 Å². The van der Waals surface area contributed by atoms with Gasteiger partial charge in [-0.05, 0) is 30.5 Å². The minimum atomic E-state index is -4.76. The maximum atomic E-state index is 13.3. The molecule has 6 nitrogen and oxygen atoms in total. The molecule has 0 unspecified atom stereocenters. The average molecular weight is 382 g/mol. The first-order valence-electron chi connectivity index (χ1n) is 8.31. The minimum Gasteiger partial charge on any atom is -0.476 e. The van der Waals surface area contributed by atoms with Crippen LogP contribution in [-0.2, 0) is 6.18 Å². The Morgan fingerprint density at radius 1 is 1.26 bits per heavy atom. The quantitative estimate of drug-likeness (QED) is 0.713. The van der Waals surface area contributed by atoms with Crippen LogP contribution in [0.2, 0.25) is 0 Å². The van der Waals surface area contributed by atoms with Crippen molar-refractivity contribution < 1.29 is 22.7 Å². The minimum absolute atomic E-state index is 0.0687. The molecule has 9 heteroatoms. The number of hydrogen-bond donors (Lipinski definition) is 2. The van der Waals surface area contributed by atoms with Gasteiger partial charge < -0.3 is 16.2 Å². The summed E-state index contributed by atoms with van der Waals surface area (Å²) < 4.78 is 45.3. The second-order valence-electron chi connectivity index (χ2n) is 6.51. The van der Waals surface area contributed by atoms with Gasteiger partial charge in [0, 0.05) is 18.3 Å². The van der Waals surface area contributed by atoms with Crippen molar-refractivity contribution in [3.05, 3.63) is 47.3 Å². The molecule has 0 aliphatic carbocycles. The molecule has 0 aliphatic heterocycles. The Morgan fingerprint density at radius 3 is 2.56 bits per heavy atom. The third-order valence-corrected chi connectivity index (χ3v) is 3.69. The van der Waals surface area contributed by atoms with Gasteiger partial charge in [-0.3, -0.25) is 4.79 Å². The molecule has 0 aromatic carbocycles. The Bertz CT molecular complexity index is 809. The van der Waals surface area contributed by atoms with Gasteiger partial charge in [0.15, 0.2) is 0 Å². The second-order valence-corrected chi connectivity index (χ2v) is 6.51. The SMILES string of the molecule is CC(C)C[C@@H](N)COc1ccc(C(F)(F)F)c(C(=O)c2cccnc2N)n1. The smallest absolute Gasteiger partial charge is 0.418 e. The highest BCUT2D eigenvalue weighted by atomic mass is 19.4. The molecular weight excluding hydrogens is 361 g/mol. The number of pyridine rings is 2. The zero-order chi connectivity index (χ0) is 20.2. The summed E-state index contributed by atoms with van der Waals surface area (Å²) in [6.07, 6.45) is -2.75. The predicted molar refractivity (Wildman–Crippen MR) is 94.2 cm³/mol. The van der Waals surface area contributed by atoms with E-state index in [1.807, 2.05) is 13.8 Å². The number of halogens is 3. The fourth-order valence-corrected chi connectivity index (χ4v) is 2.53. The highest BCUT2D eigenvalue weighted by molar-refractivity contribution is 6.11. The number of anilines is 1. The van der Waals surface area contributed by atoms with Crippen LogP contribution in [-0.4, -0.2) is 28.4 Å². The lowest BCUT2D eigenvalue weighted by Gasteiger charge is -2.16. The summed E-state index contributed by atoms with van der Waals surface area (Å²) in [5.41, 5.74) is 9.39. The summed E-state index contributed by atoms with van der Waals surface area (Å²) in [6, 6.07) is 4.22. The van der Waals surface area contributed by atoms with E-state index in [1.54, 1.807) is 0 Å².